The summed E-state index contributed by atoms with van der Waals surface area (Å²) in [5.74, 6) is 0.392. The Balaban J connectivity index is -0.000000147. The first-order chi connectivity index (χ1) is 6.54. The Bertz CT molecular complexity index is 149. The Hall–Kier alpha value is 1.32. The van der Waals surface area contributed by atoms with Gasteiger partial charge in [0.15, 0.2) is 0 Å². The van der Waals surface area contributed by atoms with Crippen LogP contribution in [-0.4, -0.2) is 70.9 Å². The normalized spacial score (nSPS) is 12.2. The predicted molar refractivity (Wildman–Crippen MR) is 58.9 cm³/mol. The van der Waals surface area contributed by atoms with Crippen molar-refractivity contribution in [2.45, 2.75) is 29.7 Å². The van der Waals surface area contributed by atoms with E-state index in [0.717, 1.165) is 31.6 Å². The van der Waals surface area contributed by atoms with Crippen molar-refractivity contribution in [2.24, 2.45) is 0 Å². The molecule has 9 heteroatoms. The second-order valence-electron chi connectivity index (χ2n) is 2.82. The number of phosphoric acid groups is 1. The van der Waals surface area contributed by atoms with E-state index in [1.54, 1.807) is 13.8 Å². The van der Waals surface area contributed by atoms with Gasteiger partial charge in [-0.3, -0.25) is 0 Å². The van der Waals surface area contributed by atoms with E-state index >= 15 is 0 Å². The second kappa shape index (κ2) is 13.4. The standard InChI is InChI=1S/C3H6ClO.C3H8O.Na.H3O4P/c1-3(5)2-4;1-3(2)4;;1-5(2,3)4/h3,5H,1-2H2;3-4H,1-2H3;;(H3,1,2,3,4). The summed E-state index contributed by atoms with van der Waals surface area (Å²) >= 11 is 6.27. The molecule has 0 heterocycles. The molecule has 0 aliphatic heterocycles. The van der Waals surface area contributed by atoms with E-state index in [9.17, 15) is 0 Å². The summed E-state index contributed by atoms with van der Waals surface area (Å²) in [6, 6.07) is 0. The molecule has 1 unspecified atom stereocenters. The maximum atomic E-state index is 8.88. The Morgan fingerprint density at radius 1 is 1.27 bits per heavy atom. The third-order valence-corrected chi connectivity index (χ3v) is 1.95. The van der Waals surface area contributed by atoms with E-state index < -0.39 is 7.82 Å². The fourth-order valence-electron chi connectivity index (χ4n) is 0.109. The van der Waals surface area contributed by atoms with E-state index in [0.29, 0.717) is 5.88 Å². The fraction of sp³-hybridized carbons (Fsp3) is 1.00. The van der Waals surface area contributed by atoms with Crippen molar-refractivity contribution >= 4 is 47.4 Å². The number of hydrogen-bond donors (Lipinski definition) is 5. The Labute approximate surface area is 112 Å². The molecule has 0 bridgehead atoms. The number of aliphatic hydroxyl groups is 2. The molecule has 6 nitrogen and oxygen atoms in total. The molecular formula is C6H17ClNaO6P. The van der Waals surface area contributed by atoms with Gasteiger partial charge in [-0.15, -0.1) is 0 Å². The third kappa shape index (κ3) is 96.0. The van der Waals surface area contributed by atoms with Gasteiger partial charge in [0.05, 0.1) is 0 Å². The number of halogens is 1. The monoisotopic (exact) mass is 274 g/mol. The van der Waals surface area contributed by atoms with Gasteiger partial charge in [-0.1, -0.05) is 0 Å². The van der Waals surface area contributed by atoms with Gasteiger partial charge in [0.25, 0.3) is 0 Å². The van der Waals surface area contributed by atoms with Gasteiger partial charge < -0.3 is 19.8 Å². The molecular weight excluding hydrogens is 257 g/mol. The second-order valence-corrected chi connectivity index (χ2v) is 4.98. The molecule has 0 saturated heterocycles. The zero-order valence-corrected chi connectivity index (χ0v) is 12.7. The van der Waals surface area contributed by atoms with Gasteiger partial charge >= 0.3 is 68.1 Å². The summed E-state index contributed by atoms with van der Waals surface area (Å²) in [4.78, 5) is 21.6. The first kappa shape index (κ1) is 21.6. The van der Waals surface area contributed by atoms with Crippen molar-refractivity contribution in [1.82, 2.24) is 0 Å². The molecule has 0 saturated carbocycles. The molecule has 1 atom stereocenters. The van der Waals surface area contributed by atoms with Crippen LogP contribution in [0.25, 0.3) is 0 Å². The summed E-state index contributed by atoms with van der Waals surface area (Å²) in [6.45, 7) is 3.44. The van der Waals surface area contributed by atoms with Crippen molar-refractivity contribution in [3.63, 3.8) is 0 Å². The third-order valence-electron chi connectivity index (χ3n) is 0.649. The topological polar surface area (TPSA) is 118 Å². The summed E-state index contributed by atoms with van der Waals surface area (Å²) in [7, 11) is -4.64. The van der Waals surface area contributed by atoms with E-state index in [2.05, 4.69) is 0 Å². The molecule has 0 amide bonds. The zero-order valence-electron chi connectivity index (χ0n) is 9.04. The van der Waals surface area contributed by atoms with E-state index in [-0.39, 0.29) is 12.2 Å². The quantitative estimate of drug-likeness (QED) is 0.266. The molecule has 0 spiro atoms. The SMILES string of the molecule is CC(C)O.O=P(O)(O)O.OC([CH2][Na])CCl. The van der Waals surface area contributed by atoms with E-state index in [1.807, 2.05) is 0 Å². The maximum absolute atomic E-state index is 8.88. The van der Waals surface area contributed by atoms with Gasteiger partial charge in [0.1, 0.15) is 0 Å². The number of aliphatic hydroxyl groups excluding tert-OH is 2. The molecule has 0 aliphatic carbocycles. The van der Waals surface area contributed by atoms with Gasteiger partial charge in [0, 0.05) is 6.10 Å². The zero-order chi connectivity index (χ0) is 13.1. The molecule has 0 rings (SSSR count). The van der Waals surface area contributed by atoms with Crippen LogP contribution in [-0.2, 0) is 4.57 Å². The summed E-state index contributed by atoms with van der Waals surface area (Å²) in [5.41, 5.74) is 0. The average Bonchev–Trinajstić information content (AvgIpc) is 1.99. The molecule has 0 fully saturated rings. The van der Waals surface area contributed by atoms with Crippen LogP contribution in [0.2, 0.25) is 3.67 Å². The Kier molecular flexibility index (Phi) is 19.3. The van der Waals surface area contributed by atoms with Gasteiger partial charge in [-0.05, 0) is 13.8 Å². The van der Waals surface area contributed by atoms with Crippen molar-refractivity contribution in [2.75, 3.05) is 5.88 Å². The van der Waals surface area contributed by atoms with Crippen LogP contribution in [0.3, 0.4) is 0 Å². The molecule has 15 heavy (non-hydrogen) atoms. The molecule has 0 aromatic carbocycles. The van der Waals surface area contributed by atoms with Crippen molar-refractivity contribution in [1.29, 1.82) is 0 Å². The fourth-order valence-corrected chi connectivity index (χ4v) is 0.982. The van der Waals surface area contributed by atoms with Gasteiger partial charge in [-0.2, -0.15) is 0 Å². The van der Waals surface area contributed by atoms with Crippen LogP contribution < -0.4 is 0 Å². The minimum absolute atomic E-state index is 0.167. The van der Waals surface area contributed by atoms with Crippen molar-refractivity contribution in [3.05, 3.63) is 0 Å². The number of alkyl halides is 1. The van der Waals surface area contributed by atoms with Crippen molar-refractivity contribution < 1.29 is 29.5 Å². The molecule has 0 aliphatic rings. The average molecular weight is 275 g/mol. The van der Waals surface area contributed by atoms with Crippen molar-refractivity contribution in [3.8, 4) is 0 Å². The summed E-state index contributed by atoms with van der Waals surface area (Å²) in [5, 5.41) is 16.6. The van der Waals surface area contributed by atoms with E-state index in [4.69, 9.17) is 41.1 Å². The summed E-state index contributed by atoms with van der Waals surface area (Å²) < 4.78 is 9.77. The first-order valence-electron chi connectivity index (χ1n) is 4.24. The number of rotatable bonds is 2. The molecule has 90 valence electrons. The van der Waals surface area contributed by atoms with Gasteiger partial charge in [-0.25, -0.2) is 4.57 Å². The van der Waals surface area contributed by atoms with Crippen LogP contribution in [0.1, 0.15) is 13.8 Å². The Morgan fingerprint density at radius 2 is 1.47 bits per heavy atom. The van der Waals surface area contributed by atoms with Crippen LogP contribution >= 0.6 is 19.4 Å². The van der Waals surface area contributed by atoms with E-state index in [1.165, 1.54) is 0 Å². The van der Waals surface area contributed by atoms with Crippen LogP contribution in [0.4, 0.5) is 0 Å². The molecule has 0 aromatic heterocycles. The van der Waals surface area contributed by atoms with Crippen LogP contribution in [0.15, 0.2) is 0 Å². The van der Waals surface area contributed by atoms with Gasteiger partial charge in [0.2, 0.25) is 0 Å². The van der Waals surface area contributed by atoms with Crippen LogP contribution in [0.5, 0.6) is 0 Å². The summed E-state index contributed by atoms with van der Waals surface area (Å²) in [6.07, 6.45) is -0.404. The molecule has 5 N–H and O–H groups in total. The first-order valence-corrected chi connectivity index (χ1v) is 7.76. The Morgan fingerprint density at radius 3 is 1.47 bits per heavy atom. The predicted octanol–water partition coefficient (Wildman–Crippen LogP) is -0.369. The molecule has 0 aromatic rings. The van der Waals surface area contributed by atoms with Crippen LogP contribution in [0, 0.1) is 0 Å². The minimum atomic E-state index is -4.64. The number of hydrogen-bond acceptors (Lipinski definition) is 3. The molecule has 0 radical (unpaired) electrons.